The summed E-state index contributed by atoms with van der Waals surface area (Å²) in [6.07, 6.45) is 0. The summed E-state index contributed by atoms with van der Waals surface area (Å²) in [5, 5.41) is 0. The highest BCUT2D eigenvalue weighted by atomic mass is 127. The van der Waals surface area contributed by atoms with Crippen molar-refractivity contribution in [3.05, 3.63) is 0 Å². The molecule has 0 aromatic heterocycles. The summed E-state index contributed by atoms with van der Waals surface area (Å²) in [6, 6.07) is 0. The average Bonchev–Trinajstić information content (AvgIpc) is 1.35. The van der Waals surface area contributed by atoms with Crippen molar-refractivity contribution in [2.75, 3.05) is 4.05 Å². The summed E-state index contributed by atoms with van der Waals surface area (Å²) in [7, 11) is -1.17. The largest absolute Gasteiger partial charge is 0.167 e. The van der Waals surface area contributed by atoms with E-state index in [0.29, 0.717) is 0 Å². The van der Waals surface area contributed by atoms with Gasteiger partial charge in [-0.25, -0.2) is 0 Å². The molecule has 0 radical (unpaired) electrons. The topological polar surface area (TPSA) is 0 Å². The van der Waals surface area contributed by atoms with E-state index in [1.165, 1.54) is 0 Å². The first kappa shape index (κ1) is 7.24. The van der Waals surface area contributed by atoms with Crippen LogP contribution in [-0.2, 0) is 0 Å². The molecule has 0 unspecified atom stereocenters. The molecular weight excluding hydrogens is 226 g/mol. The Bertz CT molecular complexity index is 40.5. The van der Waals surface area contributed by atoms with Crippen molar-refractivity contribution in [3.63, 3.8) is 0 Å². The molecule has 0 fully saturated rings. The Morgan fingerprint density at radius 2 is 1.83 bits per heavy atom. The van der Waals surface area contributed by atoms with Crippen LogP contribution in [0.15, 0.2) is 0 Å². The molecule has 38 valence electrons. The van der Waals surface area contributed by atoms with E-state index in [9.17, 15) is 0 Å². The van der Waals surface area contributed by atoms with Crippen LogP contribution in [0.3, 0.4) is 0 Å². The van der Waals surface area contributed by atoms with E-state index >= 15 is 0 Å². The maximum absolute atomic E-state index is 5.85. The van der Waals surface area contributed by atoms with Crippen molar-refractivity contribution < 1.29 is 0 Å². The zero-order valence-corrected chi connectivity index (χ0v) is 7.88. The molecule has 0 saturated heterocycles. The number of alkyl halides is 1. The Kier molecular flexibility index (Phi) is 3.04. The van der Waals surface area contributed by atoms with Gasteiger partial charge in [0.25, 0.3) is 0 Å². The monoisotopic (exact) mass is 234 g/mol. The summed E-state index contributed by atoms with van der Waals surface area (Å²) < 4.78 is 1.15. The average molecular weight is 235 g/mol. The van der Waals surface area contributed by atoms with Gasteiger partial charge in [-0.1, -0.05) is 35.7 Å². The second kappa shape index (κ2) is 2.52. The number of hydrogen-bond acceptors (Lipinski definition) is 0. The van der Waals surface area contributed by atoms with Crippen LogP contribution in [-0.4, -0.2) is 11.4 Å². The lowest BCUT2D eigenvalue weighted by Crippen LogP contribution is -2.17. The van der Waals surface area contributed by atoms with Crippen LogP contribution in [0.5, 0.6) is 0 Å². The third-order valence-corrected chi connectivity index (χ3v) is 8.43. The van der Waals surface area contributed by atoms with Gasteiger partial charge in [-0.2, -0.15) is 11.1 Å². The SMILES string of the molecule is C[Si](C)(Cl)CI. The zero-order valence-electron chi connectivity index (χ0n) is 3.96. The first-order chi connectivity index (χ1) is 2.56. The van der Waals surface area contributed by atoms with E-state index in [1.54, 1.807) is 0 Å². The zero-order chi connectivity index (χ0) is 5.21. The summed E-state index contributed by atoms with van der Waals surface area (Å²) in [5.74, 6) is 0. The van der Waals surface area contributed by atoms with E-state index in [1.807, 2.05) is 0 Å². The first-order valence-corrected chi connectivity index (χ1v) is 7.55. The first-order valence-electron chi connectivity index (χ1n) is 1.81. The molecule has 0 aromatic carbocycles. The van der Waals surface area contributed by atoms with E-state index < -0.39 is 7.38 Å². The Morgan fingerprint density at radius 1 is 1.67 bits per heavy atom. The van der Waals surface area contributed by atoms with Gasteiger partial charge < -0.3 is 0 Å². The molecule has 3 heteroatoms. The fraction of sp³-hybridized carbons (Fsp3) is 1.00. The minimum Gasteiger partial charge on any atom is -0.167 e. The molecule has 0 spiro atoms. The summed E-state index contributed by atoms with van der Waals surface area (Å²) >= 11 is 8.17. The molecule has 0 nitrogen and oxygen atoms in total. The van der Waals surface area contributed by atoms with Gasteiger partial charge in [0, 0.05) is 4.05 Å². The molecule has 0 aliphatic heterocycles. The standard InChI is InChI=1S/C3H8ClISi/c1-6(2,4)3-5/h3H2,1-2H3. The predicted molar refractivity (Wildman–Crippen MR) is 42.2 cm³/mol. The second-order valence-electron chi connectivity index (χ2n) is 1.85. The summed E-state index contributed by atoms with van der Waals surface area (Å²) in [5.41, 5.74) is 0. The van der Waals surface area contributed by atoms with Crippen LogP contribution < -0.4 is 0 Å². The van der Waals surface area contributed by atoms with Gasteiger partial charge in [0.2, 0.25) is 0 Å². The molecule has 0 aliphatic rings. The van der Waals surface area contributed by atoms with E-state index in [2.05, 4.69) is 35.7 Å². The third kappa shape index (κ3) is 5.24. The molecule has 6 heavy (non-hydrogen) atoms. The smallest absolute Gasteiger partial charge is 0.160 e. The van der Waals surface area contributed by atoms with Crippen LogP contribution in [0.4, 0.5) is 0 Å². The summed E-state index contributed by atoms with van der Waals surface area (Å²) in [6.45, 7) is 4.28. The normalized spacial score (nSPS) is 12.0. The van der Waals surface area contributed by atoms with Crippen molar-refractivity contribution in [1.82, 2.24) is 0 Å². The van der Waals surface area contributed by atoms with E-state index in [0.717, 1.165) is 4.05 Å². The van der Waals surface area contributed by atoms with Gasteiger partial charge in [-0.3, -0.25) is 0 Å². The lowest BCUT2D eigenvalue weighted by molar-refractivity contribution is 1.86. The number of halogens is 2. The van der Waals surface area contributed by atoms with Gasteiger partial charge in [0.15, 0.2) is 7.38 Å². The molecule has 0 atom stereocenters. The predicted octanol–water partition coefficient (Wildman–Crippen LogP) is 2.40. The van der Waals surface area contributed by atoms with Crippen molar-refractivity contribution in [2.24, 2.45) is 0 Å². The van der Waals surface area contributed by atoms with Crippen LogP contribution in [0.2, 0.25) is 13.1 Å². The van der Waals surface area contributed by atoms with Crippen molar-refractivity contribution >= 4 is 41.1 Å². The van der Waals surface area contributed by atoms with Crippen molar-refractivity contribution in [1.29, 1.82) is 0 Å². The van der Waals surface area contributed by atoms with Gasteiger partial charge in [-0.15, -0.1) is 0 Å². The van der Waals surface area contributed by atoms with E-state index in [-0.39, 0.29) is 0 Å². The highest BCUT2D eigenvalue weighted by Crippen LogP contribution is 2.09. The van der Waals surface area contributed by atoms with Gasteiger partial charge >= 0.3 is 0 Å². The van der Waals surface area contributed by atoms with Gasteiger partial charge in [0.05, 0.1) is 0 Å². The number of hydrogen-bond donors (Lipinski definition) is 0. The molecule has 0 N–H and O–H groups in total. The maximum Gasteiger partial charge on any atom is 0.160 e. The fourth-order valence-corrected chi connectivity index (χ4v) is 0. The molecule has 0 rings (SSSR count). The van der Waals surface area contributed by atoms with Crippen LogP contribution in [0.25, 0.3) is 0 Å². The Balaban J connectivity index is 3.17. The van der Waals surface area contributed by atoms with Gasteiger partial charge in [-0.05, 0) is 0 Å². The van der Waals surface area contributed by atoms with Crippen molar-refractivity contribution in [3.8, 4) is 0 Å². The van der Waals surface area contributed by atoms with Crippen LogP contribution >= 0.6 is 33.7 Å². The minimum absolute atomic E-state index is 1.15. The Hall–Kier alpha value is 1.24. The lowest BCUT2D eigenvalue weighted by atomic mass is 11.8. The van der Waals surface area contributed by atoms with Crippen LogP contribution in [0.1, 0.15) is 0 Å². The number of rotatable bonds is 1. The highest BCUT2D eigenvalue weighted by Gasteiger charge is 2.12. The lowest BCUT2D eigenvalue weighted by Gasteiger charge is -2.04. The van der Waals surface area contributed by atoms with Crippen molar-refractivity contribution in [2.45, 2.75) is 13.1 Å². The Labute approximate surface area is 58.1 Å². The van der Waals surface area contributed by atoms with Gasteiger partial charge in [0.1, 0.15) is 0 Å². The third-order valence-electron chi connectivity index (χ3n) is 0.318. The van der Waals surface area contributed by atoms with Crippen LogP contribution in [0, 0.1) is 0 Å². The minimum atomic E-state index is -1.17. The fourth-order valence-electron chi connectivity index (χ4n) is 0. The molecular formula is C3H8ClISi. The Morgan fingerprint density at radius 3 is 1.83 bits per heavy atom. The molecule has 0 saturated carbocycles. The molecule has 0 heterocycles. The molecule has 0 amide bonds. The maximum atomic E-state index is 5.85. The quantitative estimate of drug-likeness (QED) is 0.283. The molecule has 0 bridgehead atoms. The van der Waals surface area contributed by atoms with E-state index in [4.69, 9.17) is 11.1 Å². The molecule has 0 aliphatic carbocycles. The molecule has 0 aromatic rings. The highest BCUT2D eigenvalue weighted by molar-refractivity contribution is 14.1. The second-order valence-corrected chi connectivity index (χ2v) is 10.9. The summed E-state index contributed by atoms with van der Waals surface area (Å²) in [4.78, 5) is 0.